The van der Waals surface area contributed by atoms with E-state index in [0.29, 0.717) is 12.3 Å². The van der Waals surface area contributed by atoms with Crippen LogP contribution in [0.5, 0.6) is 0 Å². The summed E-state index contributed by atoms with van der Waals surface area (Å²) in [7, 11) is 0. The molecule has 0 bridgehead atoms. The summed E-state index contributed by atoms with van der Waals surface area (Å²) in [5.41, 5.74) is -3.47. The zero-order valence-corrected chi connectivity index (χ0v) is 14.3. The SMILES string of the molecule is O=C1c2c(F)cccc2[C@@]2(CC1F)CN1C=C(C(F)(F)F)C=C(OC(F)F)C1=N2. The lowest BCUT2D eigenvalue weighted by Crippen LogP contribution is -2.42. The molecule has 1 aromatic carbocycles. The second kappa shape index (κ2) is 6.33. The Balaban J connectivity index is 1.87. The Morgan fingerprint density at radius 2 is 2.00 bits per heavy atom. The first-order valence-corrected chi connectivity index (χ1v) is 8.31. The van der Waals surface area contributed by atoms with Gasteiger partial charge in [0.05, 0.1) is 17.7 Å². The zero-order chi connectivity index (χ0) is 21.1. The van der Waals surface area contributed by atoms with Crippen LogP contribution in [-0.2, 0) is 10.3 Å². The van der Waals surface area contributed by atoms with Crippen LogP contribution in [0.2, 0.25) is 0 Å². The molecule has 0 radical (unpaired) electrons. The Morgan fingerprint density at radius 3 is 2.66 bits per heavy atom. The van der Waals surface area contributed by atoms with E-state index in [1.165, 1.54) is 12.1 Å². The number of amidine groups is 1. The quantitative estimate of drug-likeness (QED) is 0.673. The summed E-state index contributed by atoms with van der Waals surface area (Å²) in [6.07, 6.45) is -6.59. The molecule has 0 N–H and O–H groups in total. The molecule has 0 fully saturated rings. The van der Waals surface area contributed by atoms with Crippen molar-refractivity contribution in [1.29, 1.82) is 0 Å². The highest BCUT2D eigenvalue weighted by Crippen LogP contribution is 2.46. The van der Waals surface area contributed by atoms with E-state index in [2.05, 4.69) is 9.73 Å². The minimum Gasteiger partial charge on any atom is -0.431 e. The number of carbonyl (C=O) groups is 1. The molecule has 3 aliphatic rings. The number of Topliss-reactive ketones (excluding diaryl/α,β-unsaturated/α-hetero) is 1. The Hall–Kier alpha value is -2.85. The number of hydrogen-bond acceptors (Lipinski definition) is 4. The Labute approximate surface area is 159 Å². The number of carbonyl (C=O) groups excluding carboxylic acids is 1. The van der Waals surface area contributed by atoms with Crippen molar-refractivity contribution < 1.29 is 40.3 Å². The standard InChI is InChI=1S/C18H11F7N2O2/c19-10-3-1-2-9-13(10)14(28)11(20)5-17(9)7-27-6-8(18(23,24)25)4-12(15(27)26-17)29-16(21)22/h1-4,6,11,16H,5,7H2/t11?,17-/m1/s1. The number of aliphatic imine (C=N–C) groups is 1. The van der Waals surface area contributed by atoms with Gasteiger partial charge in [0, 0.05) is 12.6 Å². The van der Waals surface area contributed by atoms with Crippen LogP contribution in [-0.4, -0.2) is 42.0 Å². The van der Waals surface area contributed by atoms with Crippen molar-refractivity contribution in [3.05, 3.63) is 58.8 Å². The molecule has 2 aliphatic heterocycles. The monoisotopic (exact) mass is 420 g/mol. The van der Waals surface area contributed by atoms with Crippen LogP contribution in [0.1, 0.15) is 22.3 Å². The predicted molar refractivity (Wildman–Crippen MR) is 85.4 cm³/mol. The first-order valence-electron chi connectivity index (χ1n) is 8.31. The molecule has 4 nitrogen and oxygen atoms in total. The molecule has 0 saturated heterocycles. The second-order valence-corrected chi connectivity index (χ2v) is 6.76. The summed E-state index contributed by atoms with van der Waals surface area (Å²) in [6.45, 7) is -3.84. The minimum absolute atomic E-state index is 0.0170. The molecule has 1 spiro atoms. The number of ether oxygens (including phenoxy) is 1. The number of alkyl halides is 6. The summed E-state index contributed by atoms with van der Waals surface area (Å²) in [6, 6.07) is 3.52. The highest BCUT2D eigenvalue weighted by Gasteiger charge is 2.52. The fourth-order valence-electron chi connectivity index (χ4n) is 3.78. The average Bonchev–Trinajstić information content (AvgIpc) is 2.98. The van der Waals surface area contributed by atoms with Crippen molar-refractivity contribution in [3.8, 4) is 0 Å². The summed E-state index contributed by atoms with van der Waals surface area (Å²) >= 11 is 0. The van der Waals surface area contributed by atoms with E-state index in [0.717, 1.165) is 11.0 Å². The van der Waals surface area contributed by atoms with E-state index in [1.807, 2.05) is 0 Å². The van der Waals surface area contributed by atoms with E-state index in [-0.39, 0.29) is 11.4 Å². The van der Waals surface area contributed by atoms with E-state index in [4.69, 9.17) is 0 Å². The highest BCUT2D eigenvalue weighted by molar-refractivity contribution is 6.05. The van der Waals surface area contributed by atoms with Gasteiger partial charge < -0.3 is 9.64 Å². The van der Waals surface area contributed by atoms with Gasteiger partial charge in [0.25, 0.3) is 0 Å². The largest absolute Gasteiger partial charge is 0.431 e. The maximum Gasteiger partial charge on any atom is 0.417 e. The van der Waals surface area contributed by atoms with Crippen molar-refractivity contribution in [3.63, 3.8) is 0 Å². The van der Waals surface area contributed by atoms with Gasteiger partial charge in [-0.25, -0.2) is 8.78 Å². The molecule has 11 heteroatoms. The maximum absolute atomic E-state index is 14.4. The first kappa shape index (κ1) is 19.5. The van der Waals surface area contributed by atoms with Gasteiger partial charge in [0.1, 0.15) is 11.4 Å². The Bertz CT molecular complexity index is 983. The van der Waals surface area contributed by atoms with E-state index < -0.39 is 66.0 Å². The molecule has 2 heterocycles. The van der Waals surface area contributed by atoms with Crippen LogP contribution >= 0.6 is 0 Å². The summed E-state index contributed by atoms with van der Waals surface area (Å²) in [4.78, 5) is 17.2. The molecule has 0 amide bonds. The van der Waals surface area contributed by atoms with Gasteiger partial charge in [-0.3, -0.25) is 9.79 Å². The molecule has 1 unspecified atom stereocenters. The smallest absolute Gasteiger partial charge is 0.417 e. The number of ketones is 1. The summed E-state index contributed by atoms with van der Waals surface area (Å²) in [5, 5.41) is 0. The normalized spacial score (nSPS) is 26.2. The number of allylic oxidation sites excluding steroid dienone is 2. The highest BCUT2D eigenvalue weighted by atomic mass is 19.4. The minimum atomic E-state index is -4.87. The molecular weight excluding hydrogens is 409 g/mol. The van der Waals surface area contributed by atoms with Gasteiger partial charge in [0.2, 0.25) is 0 Å². The zero-order valence-electron chi connectivity index (χ0n) is 14.3. The number of halogens is 7. The molecule has 4 rings (SSSR count). The van der Waals surface area contributed by atoms with Crippen LogP contribution in [0.15, 0.2) is 46.8 Å². The van der Waals surface area contributed by atoms with Crippen LogP contribution in [0.4, 0.5) is 30.7 Å². The molecule has 1 aromatic rings. The summed E-state index contributed by atoms with van der Waals surface area (Å²) in [5.74, 6) is -3.32. The van der Waals surface area contributed by atoms with Gasteiger partial charge in [-0.1, -0.05) is 12.1 Å². The van der Waals surface area contributed by atoms with Crippen LogP contribution in [0.25, 0.3) is 0 Å². The topological polar surface area (TPSA) is 41.9 Å². The van der Waals surface area contributed by atoms with E-state index in [9.17, 15) is 35.5 Å². The molecule has 0 saturated carbocycles. The third kappa shape index (κ3) is 3.08. The molecular formula is C18H11F7N2O2. The van der Waals surface area contributed by atoms with Crippen molar-refractivity contribution in [2.45, 2.75) is 30.9 Å². The molecule has 29 heavy (non-hydrogen) atoms. The van der Waals surface area contributed by atoms with Gasteiger partial charge in [-0.2, -0.15) is 22.0 Å². The third-order valence-corrected chi connectivity index (χ3v) is 4.93. The lowest BCUT2D eigenvalue weighted by atomic mass is 9.75. The fraction of sp³-hybridized carbons (Fsp3) is 0.333. The molecule has 154 valence electrons. The van der Waals surface area contributed by atoms with Crippen LogP contribution < -0.4 is 0 Å². The predicted octanol–water partition coefficient (Wildman–Crippen LogP) is 4.24. The Kier molecular flexibility index (Phi) is 4.25. The van der Waals surface area contributed by atoms with Crippen molar-refractivity contribution in [2.24, 2.45) is 4.99 Å². The number of rotatable bonds is 2. The second-order valence-electron chi connectivity index (χ2n) is 6.76. The average molecular weight is 420 g/mol. The number of fused-ring (bicyclic) bond motifs is 3. The molecule has 1 aliphatic carbocycles. The van der Waals surface area contributed by atoms with Crippen LogP contribution in [0, 0.1) is 5.82 Å². The van der Waals surface area contributed by atoms with Crippen molar-refractivity contribution in [2.75, 3.05) is 6.54 Å². The molecule has 0 aromatic heterocycles. The fourth-order valence-corrected chi connectivity index (χ4v) is 3.78. The van der Waals surface area contributed by atoms with E-state index >= 15 is 0 Å². The third-order valence-electron chi connectivity index (χ3n) is 4.93. The van der Waals surface area contributed by atoms with Gasteiger partial charge in [-0.15, -0.1) is 0 Å². The van der Waals surface area contributed by atoms with E-state index in [1.54, 1.807) is 0 Å². The Morgan fingerprint density at radius 1 is 1.28 bits per heavy atom. The molecule has 2 atom stereocenters. The van der Waals surface area contributed by atoms with Crippen molar-refractivity contribution >= 4 is 11.6 Å². The van der Waals surface area contributed by atoms with Gasteiger partial charge >= 0.3 is 12.8 Å². The van der Waals surface area contributed by atoms with Gasteiger partial charge in [0.15, 0.2) is 23.5 Å². The number of nitrogens with zero attached hydrogens (tertiary/aromatic N) is 2. The first-order chi connectivity index (χ1) is 13.5. The lowest BCUT2D eigenvalue weighted by Gasteiger charge is -2.34. The summed E-state index contributed by atoms with van der Waals surface area (Å²) < 4.78 is 97.9. The van der Waals surface area contributed by atoms with Crippen molar-refractivity contribution in [1.82, 2.24) is 4.90 Å². The maximum atomic E-state index is 14.4. The lowest BCUT2D eigenvalue weighted by molar-refractivity contribution is -0.0981. The van der Waals surface area contributed by atoms with Gasteiger partial charge in [-0.05, 0) is 17.7 Å². The number of hydrogen-bond donors (Lipinski definition) is 0. The number of benzene rings is 1. The van der Waals surface area contributed by atoms with Crippen LogP contribution in [0.3, 0.4) is 0 Å².